The van der Waals surface area contributed by atoms with Gasteiger partial charge in [0, 0.05) is 12.2 Å². The van der Waals surface area contributed by atoms with Crippen LogP contribution >= 0.6 is 0 Å². The highest BCUT2D eigenvalue weighted by molar-refractivity contribution is 5.44. The SMILES string of the molecule is CCc1cccc(NNCc2ccccc2)c1. The Kier molecular flexibility index (Phi) is 4.17. The van der Waals surface area contributed by atoms with Crippen molar-refractivity contribution in [3.8, 4) is 0 Å². The molecule has 2 nitrogen and oxygen atoms in total. The summed E-state index contributed by atoms with van der Waals surface area (Å²) in [5.41, 5.74) is 10.2. The van der Waals surface area contributed by atoms with Crippen molar-refractivity contribution >= 4 is 5.69 Å². The maximum atomic E-state index is 3.22. The third-order valence-electron chi connectivity index (χ3n) is 2.70. The first-order chi connectivity index (χ1) is 8.38. The zero-order valence-corrected chi connectivity index (χ0v) is 10.1. The molecular weight excluding hydrogens is 208 g/mol. The van der Waals surface area contributed by atoms with Crippen LogP contribution < -0.4 is 10.9 Å². The van der Waals surface area contributed by atoms with Crippen molar-refractivity contribution in [3.63, 3.8) is 0 Å². The summed E-state index contributed by atoms with van der Waals surface area (Å²) in [5.74, 6) is 0. The van der Waals surface area contributed by atoms with Crippen molar-refractivity contribution in [1.82, 2.24) is 5.43 Å². The van der Waals surface area contributed by atoms with E-state index in [1.165, 1.54) is 11.1 Å². The molecule has 88 valence electrons. The van der Waals surface area contributed by atoms with Gasteiger partial charge in [0.15, 0.2) is 0 Å². The minimum atomic E-state index is 0.817. The summed E-state index contributed by atoms with van der Waals surface area (Å²) in [4.78, 5) is 0. The van der Waals surface area contributed by atoms with Gasteiger partial charge in [-0.05, 0) is 29.7 Å². The van der Waals surface area contributed by atoms with Crippen molar-refractivity contribution < 1.29 is 0 Å². The largest absolute Gasteiger partial charge is 0.321 e. The minimum Gasteiger partial charge on any atom is -0.321 e. The van der Waals surface area contributed by atoms with Crippen LogP contribution in [0, 0.1) is 0 Å². The molecule has 2 rings (SSSR count). The standard InChI is InChI=1S/C15H18N2/c1-2-13-9-6-10-15(11-13)17-16-12-14-7-4-3-5-8-14/h3-11,16-17H,2,12H2,1H3. The number of hydrogen-bond donors (Lipinski definition) is 2. The van der Waals surface area contributed by atoms with Gasteiger partial charge in [-0.2, -0.15) is 0 Å². The highest BCUT2D eigenvalue weighted by Crippen LogP contribution is 2.10. The van der Waals surface area contributed by atoms with E-state index in [0.29, 0.717) is 0 Å². The van der Waals surface area contributed by atoms with Crippen LogP contribution in [0.1, 0.15) is 18.1 Å². The Balaban J connectivity index is 1.86. The Bertz CT molecular complexity index is 451. The predicted octanol–water partition coefficient (Wildman–Crippen LogP) is 3.37. The minimum absolute atomic E-state index is 0.817. The quantitative estimate of drug-likeness (QED) is 0.764. The average molecular weight is 226 g/mol. The zero-order valence-electron chi connectivity index (χ0n) is 10.1. The van der Waals surface area contributed by atoms with E-state index < -0.39 is 0 Å². The van der Waals surface area contributed by atoms with Gasteiger partial charge in [-0.25, -0.2) is 5.43 Å². The lowest BCUT2D eigenvalue weighted by atomic mass is 10.1. The Labute approximate surface area is 103 Å². The van der Waals surface area contributed by atoms with E-state index in [1.807, 2.05) is 6.07 Å². The molecule has 0 radical (unpaired) electrons. The lowest BCUT2D eigenvalue weighted by Gasteiger charge is -2.09. The smallest absolute Gasteiger partial charge is 0.0490 e. The molecule has 2 N–H and O–H groups in total. The lowest BCUT2D eigenvalue weighted by molar-refractivity contribution is 0.801. The van der Waals surface area contributed by atoms with Gasteiger partial charge in [0.25, 0.3) is 0 Å². The maximum Gasteiger partial charge on any atom is 0.0490 e. The van der Waals surface area contributed by atoms with Crippen LogP contribution in [0.25, 0.3) is 0 Å². The summed E-state index contributed by atoms with van der Waals surface area (Å²) in [7, 11) is 0. The monoisotopic (exact) mass is 226 g/mol. The molecule has 0 spiro atoms. The second kappa shape index (κ2) is 6.06. The average Bonchev–Trinajstić information content (AvgIpc) is 2.40. The first kappa shape index (κ1) is 11.7. The molecule has 0 aliphatic carbocycles. The van der Waals surface area contributed by atoms with Crippen LogP contribution in [-0.2, 0) is 13.0 Å². The Hall–Kier alpha value is -1.80. The molecule has 0 saturated heterocycles. The van der Waals surface area contributed by atoms with Gasteiger partial charge < -0.3 is 5.43 Å². The van der Waals surface area contributed by atoms with Crippen LogP contribution in [0.2, 0.25) is 0 Å². The normalized spacial score (nSPS) is 10.2. The van der Waals surface area contributed by atoms with Crippen LogP contribution in [0.3, 0.4) is 0 Å². The summed E-state index contributed by atoms with van der Waals surface area (Å²) in [6, 6.07) is 18.8. The molecule has 0 bridgehead atoms. The first-order valence-corrected chi connectivity index (χ1v) is 6.00. The van der Waals surface area contributed by atoms with Gasteiger partial charge >= 0.3 is 0 Å². The van der Waals surface area contributed by atoms with E-state index in [0.717, 1.165) is 18.7 Å². The van der Waals surface area contributed by atoms with Gasteiger partial charge in [0.05, 0.1) is 0 Å². The molecule has 2 aromatic rings. The van der Waals surface area contributed by atoms with Crippen molar-refractivity contribution in [3.05, 3.63) is 65.7 Å². The van der Waals surface area contributed by atoms with E-state index in [2.05, 4.69) is 66.3 Å². The second-order valence-electron chi connectivity index (χ2n) is 4.02. The third kappa shape index (κ3) is 3.61. The highest BCUT2D eigenvalue weighted by atomic mass is 15.3. The van der Waals surface area contributed by atoms with Crippen molar-refractivity contribution in [1.29, 1.82) is 0 Å². The van der Waals surface area contributed by atoms with Gasteiger partial charge in [-0.1, -0.05) is 49.4 Å². The van der Waals surface area contributed by atoms with E-state index in [-0.39, 0.29) is 0 Å². The number of rotatable bonds is 5. The molecule has 0 unspecified atom stereocenters. The first-order valence-electron chi connectivity index (χ1n) is 6.00. The summed E-state index contributed by atoms with van der Waals surface area (Å²) in [6.07, 6.45) is 1.06. The van der Waals surface area contributed by atoms with Crippen LogP contribution in [-0.4, -0.2) is 0 Å². The summed E-state index contributed by atoms with van der Waals surface area (Å²) in [5, 5.41) is 0. The van der Waals surface area contributed by atoms with Crippen LogP contribution in [0.15, 0.2) is 54.6 Å². The van der Waals surface area contributed by atoms with Crippen LogP contribution in [0.5, 0.6) is 0 Å². The fourth-order valence-corrected chi connectivity index (χ4v) is 1.71. The molecule has 0 aliphatic heterocycles. The molecule has 0 atom stereocenters. The molecule has 2 heteroatoms. The van der Waals surface area contributed by atoms with E-state index >= 15 is 0 Å². The summed E-state index contributed by atoms with van der Waals surface area (Å²) >= 11 is 0. The van der Waals surface area contributed by atoms with Gasteiger partial charge in [0.2, 0.25) is 0 Å². The highest BCUT2D eigenvalue weighted by Gasteiger charge is 1.94. The molecular formula is C15H18N2. The van der Waals surface area contributed by atoms with Gasteiger partial charge in [0.1, 0.15) is 0 Å². The molecule has 0 aromatic heterocycles. The number of aryl methyl sites for hydroxylation is 1. The molecule has 0 fully saturated rings. The molecule has 2 aromatic carbocycles. The number of nitrogens with one attached hydrogen (secondary N) is 2. The summed E-state index contributed by atoms with van der Waals surface area (Å²) in [6.45, 7) is 2.98. The second-order valence-corrected chi connectivity index (χ2v) is 4.02. The number of hydrogen-bond acceptors (Lipinski definition) is 2. The molecule has 0 heterocycles. The van der Waals surface area contributed by atoms with E-state index in [9.17, 15) is 0 Å². The Morgan fingerprint density at radius 3 is 2.41 bits per heavy atom. The predicted molar refractivity (Wildman–Crippen MR) is 72.7 cm³/mol. The van der Waals surface area contributed by atoms with Gasteiger partial charge in [-0.3, -0.25) is 0 Å². The number of anilines is 1. The third-order valence-corrected chi connectivity index (χ3v) is 2.70. The Morgan fingerprint density at radius 1 is 0.882 bits per heavy atom. The topological polar surface area (TPSA) is 24.1 Å². The Morgan fingerprint density at radius 2 is 1.65 bits per heavy atom. The van der Waals surface area contributed by atoms with Crippen molar-refractivity contribution in [2.24, 2.45) is 0 Å². The molecule has 0 amide bonds. The van der Waals surface area contributed by atoms with E-state index in [4.69, 9.17) is 0 Å². The zero-order chi connectivity index (χ0) is 11.9. The van der Waals surface area contributed by atoms with Crippen molar-refractivity contribution in [2.75, 3.05) is 5.43 Å². The maximum absolute atomic E-state index is 3.22. The van der Waals surface area contributed by atoms with E-state index in [1.54, 1.807) is 0 Å². The lowest BCUT2D eigenvalue weighted by Crippen LogP contribution is -2.20. The fraction of sp³-hybridized carbons (Fsp3) is 0.200. The number of hydrazine groups is 1. The molecule has 0 saturated carbocycles. The van der Waals surface area contributed by atoms with Crippen molar-refractivity contribution in [2.45, 2.75) is 19.9 Å². The number of benzene rings is 2. The fourth-order valence-electron chi connectivity index (χ4n) is 1.71. The molecule has 17 heavy (non-hydrogen) atoms. The van der Waals surface area contributed by atoms with Gasteiger partial charge in [-0.15, -0.1) is 0 Å². The summed E-state index contributed by atoms with van der Waals surface area (Å²) < 4.78 is 0. The molecule has 0 aliphatic rings. The van der Waals surface area contributed by atoms with Crippen LogP contribution in [0.4, 0.5) is 5.69 Å².